The molecule has 6 rings (SSSR count). The van der Waals surface area contributed by atoms with Crippen LogP contribution in [0.25, 0.3) is 17.0 Å². The lowest BCUT2D eigenvalue weighted by Gasteiger charge is -2.25. The van der Waals surface area contributed by atoms with Crippen molar-refractivity contribution in [2.75, 3.05) is 26.9 Å². The first-order valence-corrected chi connectivity index (χ1v) is 17.3. The van der Waals surface area contributed by atoms with Crippen LogP contribution in [0, 0.1) is 6.92 Å². The zero-order chi connectivity index (χ0) is 35.5. The first-order valence-electron chi connectivity index (χ1n) is 16.1. The van der Waals surface area contributed by atoms with Crippen molar-refractivity contribution >= 4 is 51.9 Å². The van der Waals surface area contributed by atoms with E-state index in [-0.39, 0.29) is 24.3 Å². The number of hydrogen-bond donors (Lipinski definition) is 0. The van der Waals surface area contributed by atoms with Gasteiger partial charge in [0.25, 0.3) is 5.56 Å². The summed E-state index contributed by atoms with van der Waals surface area (Å²) in [5.74, 6) is -0.455. The van der Waals surface area contributed by atoms with E-state index in [0.29, 0.717) is 50.3 Å². The van der Waals surface area contributed by atoms with Crippen LogP contribution in [0.5, 0.6) is 11.5 Å². The fourth-order valence-electron chi connectivity index (χ4n) is 6.13. The summed E-state index contributed by atoms with van der Waals surface area (Å²) in [5.41, 5.74) is 5.02. The summed E-state index contributed by atoms with van der Waals surface area (Å²) in [5, 5.41) is 1.68. The minimum atomic E-state index is -0.867. The first kappa shape index (κ1) is 34.7. The standard InChI is InChI=1S/C38H36ClN3O7S/c1-6-47-31-18-25(14-17-30(31)49-21-33(43)46-5)35-34(37(45)48-7-2)22(3)40-38-42(35)36(44)32(50-38)19-28-23(4)41(29-11-9-8-10-27(28)29)20-24-12-15-26(39)16-13-24/h8-19,35H,6-7,20-21H2,1-5H3/b32-19-/t35-/m0/s1. The van der Waals surface area contributed by atoms with Gasteiger partial charge in [0.05, 0.1) is 42.2 Å². The van der Waals surface area contributed by atoms with Gasteiger partial charge >= 0.3 is 11.9 Å². The molecule has 1 aliphatic heterocycles. The molecule has 0 saturated heterocycles. The molecular weight excluding hydrogens is 678 g/mol. The second-order valence-electron chi connectivity index (χ2n) is 11.5. The van der Waals surface area contributed by atoms with Gasteiger partial charge in [0.1, 0.15) is 0 Å². The van der Waals surface area contributed by atoms with Gasteiger partial charge < -0.3 is 23.5 Å². The Kier molecular flexibility index (Phi) is 10.3. The third-order valence-corrected chi connectivity index (χ3v) is 9.72. The number of para-hydroxylation sites is 1. The Morgan fingerprint density at radius 3 is 2.46 bits per heavy atom. The van der Waals surface area contributed by atoms with Gasteiger partial charge in [-0.3, -0.25) is 9.36 Å². The molecular formula is C38H36ClN3O7S. The number of hydrogen-bond acceptors (Lipinski definition) is 9. The lowest BCUT2D eigenvalue weighted by Crippen LogP contribution is -2.40. The number of esters is 2. The van der Waals surface area contributed by atoms with E-state index in [1.54, 1.807) is 32.0 Å². The van der Waals surface area contributed by atoms with Crippen LogP contribution in [-0.2, 0) is 25.6 Å². The monoisotopic (exact) mass is 713 g/mol. The van der Waals surface area contributed by atoms with Crippen molar-refractivity contribution in [3.05, 3.63) is 125 Å². The molecule has 2 aromatic heterocycles. The topological polar surface area (TPSA) is 110 Å². The number of aromatic nitrogens is 2. The molecule has 10 nitrogen and oxygen atoms in total. The van der Waals surface area contributed by atoms with Gasteiger partial charge in [-0.05, 0) is 75.2 Å². The second kappa shape index (κ2) is 14.8. The fourth-order valence-corrected chi connectivity index (χ4v) is 7.29. The summed E-state index contributed by atoms with van der Waals surface area (Å²) in [6, 6.07) is 20.1. The molecule has 0 aliphatic carbocycles. The number of fused-ring (bicyclic) bond motifs is 2. The van der Waals surface area contributed by atoms with Gasteiger partial charge in [0.15, 0.2) is 22.9 Å². The normalized spacial score (nSPS) is 14.4. The Balaban J connectivity index is 1.51. The average molecular weight is 714 g/mol. The molecule has 12 heteroatoms. The van der Waals surface area contributed by atoms with Crippen molar-refractivity contribution in [2.45, 2.75) is 40.3 Å². The number of carbonyl (C=O) groups is 2. The lowest BCUT2D eigenvalue weighted by atomic mass is 9.95. The molecule has 0 N–H and O–H groups in total. The maximum absolute atomic E-state index is 14.5. The zero-order valence-electron chi connectivity index (χ0n) is 28.3. The number of thiazole rings is 1. The third-order valence-electron chi connectivity index (χ3n) is 8.48. The van der Waals surface area contributed by atoms with E-state index in [9.17, 15) is 14.4 Å². The summed E-state index contributed by atoms with van der Waals surface area (Å²) >= 11 is 7.40. The maximum atomic E-state index is 14.5. The van der Waals surface area contributed by atoms with E-state index in [4.69, 9.17) is 35.5 Å². The van der Waals surface area contributed by atoms with Gasteiger partial charge in [-0.15, -0.1) is 0 Å². The SMILES string of the molecule is CCOC(=O)C1=C(C)N=c2s/c(=C\c3c(C)n(Cc4ccc(Cl)cc4)c4ccccc34)c(=O)n2[C@H]1c1ccc(OCC(=O)OC)c(OCC)c1. The molecule has 3 heterocycles. The van der Waals surface area contributed by atoms with E-state index in [0.717, 1.165) is 27.7 Å². The molecule has 0 amide bonds. The van der Waals surface area contributed by atoms with Crippen LogP contribution >= 0.6 is 22.9 Å². The highest BCUT2D eigenvalue weighted by Gasteiger charge is 2.34. The third kappa shape index (κ3) is 6.71. The predicted molar refractivity (Wildman–Crippen MR) is 193 cm³/mol. The highest BCUT2D eigenvalue weighted by molar-refractivity contribution is 7.07. The van der Waals surface area contributed by atoms with Crippen molar-refractivity contribution in [2.24, 2.45) is 4.99 Å². The number of ether oxygens (including phenoxy) is 4. The van der Waals surface area contributed by atoms with E-state index in [2.05, 4.69) is 16.7 Å². The summed E-state index contributed by atoms with van der Waals surface area (Å²) in [6.07, 6.45) is 1.91. The Bertz CT molecular complexity index is 2320. The Morgan fingerprint density at radius 2 is 1.74 bits per heavy atom. The van der Waals surface area contributed by atoms with Crippen molar-refractivity contribution in [3.63, 3.8) is 0 Å². The van der Waals surface area contributed by atoms with Crippen LogP contribution in [0.4, 0.5) is 0 Å². The molecule has 0 fully saturated rings. The van der Waals surface area contributed by atoms with Gasteiger partial charge in [-0.25, -0.2) is 14.6 Å². The Labute approximate surface area is 297 Å². The number of halogens is 1. The van der Waals surface area contributed by atoms with Crippen molar-refractivity contribution in [1.82, 2.24) is 9.13 Å². The number of nitrogens with zero attached hydrogens (tertiary/aromatic N) is 3. The quantitative estimate of drug-likeness (QED) is 0.161. The molecule has 0 radical (unpaired) electrons. The Hall–Kier alpha value is -5.13. The summed E-state index contributed by atoms with van der Waals surface area (Å²) in [6.45, 7) is 8.11. The van der Waals surface area contributed by atoms with Gasteiger partial charge in [0, 0.05) is 33.7 Å². The largest absolute Gasteiger partial charge is 0.490 e. The lowest BCUT2D eigenvalue weighted by molar-refractivity contribution is -0.143. The minimum Gasteiger partial charge on any atom is -0.490 e. The predicted octanol–water partition coefficient (Wildman–Crippen LogP) is 5.71. The molecule has 0 spiro atoms. The van der Waals surface area contributed by atoms with Crippen molar-refractivity contribution < 1.29 is 28.5 Å². The molecule has 0 bridgehead atoms. The van der Waals surface area contributed by atoms with Crippen LogP contribution in [0.3, 0.4) is 0 Å². The molecule has 0 saturated carbocycles. The van der Waals surface area contributed by atoms with Crippen LogP contribution in [0.2, 0.25) is 5.02 Å². The molecule has 50 heavy (non-hydrogen) atoms. The summed E-state index contributed by atoms with van der Waals surface area (Å²) in [7, 11) is 1.28. The number of rotatable bonds is 11. The molecule has 1 atom stereocenters. The van der Waals surface area contributed by atoms with Crippen LogP contribution in [0.1, 0.15) is 49.2 Å². The van der Waals surface area contributed by atoms with Crippen LogP contribution < -0.4 is 24.4 Å². The zero-order valence-corrected chi connectivity index (χ0v) is 29.9. The molecule has 258 valence electrons. The van der Waals surface area contributed by atoms with Gasteiger partial charge in [-0.1, -0.05) is 59.3 Å². The van der Waals surface area contributed by atoms with E-state index >= 15 is 0 Å². The molecule has 1 aliphatic rings. The first-order chi connectivity index (χ1) is 24.1. The van der Waals surface area contributed by atoms with Crippen molar-refractivity contribution in [3.8, 4) is 11.5 Å². The summed E-state index contributed by atoms with van der Waals surface area (Å²) < 4.78 is 26.0. The number of benzene rings is 3. The highest BCUT2D eigenvalue weighted by atomic mass is 35.5. The van der Waals surface area contributed by atoms with Crippen LogP contribution in [0.15, 0.2) is 87.8 Å². The molecule has 0 unspecified atom stereocenters. The molecule has 5 aromatic rings. The maximum Gasteiger partial charge on any atom is 0.343 e. The van der Waals surface area contributed by atoms with Gasteiger partial charge in [-0.2, -0.15) is 0 Å². The molecule has 3 aromatic carbocycles. The minimum absolute atomic E-state index is 0.149. The van der Waals surface area contributed by atoms with E-state index < -0.39 is 18.0 Å². The number of methoxy groups -OCH3 is 1. The van der Waals surface area contributed by atoms with Crippen molar-refractivity contribution in [1.29, 1.82) is 0 Å². The fraction of sp³-hybridized carbons (Fsp3) is 0.263. The summed E-state index contributed by atoms with van der Waals surface area (Å²) in [4.78, 5) is 44.9. The van der Waals surface area contributed by atoms with E-state index in [1.807, 2.05) is 56.3 Å². The van der Waals surface area contributed by atoms with Crippen LogP contribution in [-0.4, -0.2) is 48.0 Å². The second-order valence-corrected chi connectivity index (χ2v) is 13.0. The Morgan fingerprint density at radius 1 is 0.980 bits per heavy atom. The average Bonchev–Trinajstić information content (AvgIpc) is 3.56. The van der Waals surface area contributed by atoms with Gasteiger partial charge in [0.2, 0.25) is 0 Å². The van der Waals surface area contributed by atoms with E-state index in [1.165, 1.54) is 23.0 Å². The number of allylic oxidation sites excluding steroid dienone is 1. The number of carbonyl (C=O) groups excluding carboxylic acids is 2. The highest BCUT2D eigenvalue weighted by Crippen LogP contribution is 2.36. The smallest absolute Gasteiger partial charge is 0.343 e.